The molecule has 0 heterocycles. The van der Waals surface area contributed by atoms with Gasteiger partial charge < -0.3 is 53.6 Å². The molecule has 16 heteroatoms. The van der Waals surface area contributed by atoms with Crippen LogP contribution in [0, 0.1) is 0 Å². The zero-order valence-corrected chi connectivity index (χ0v) is 20.4. The number of carboxylic acid groups (broad SMARTS) is 2. The fraction of sp³-hybridized carbons (Fsp3) is 0.455. The molecule has 0 spiro atoms. The quantitative estimate of drug-likeness (QED) is 0.0552. The molecule has 0 saturated carbocycles. The molecule has 0 radical (unpaired) electrons. The number of aliphatic hydroxyl groups is 1. The number of phenolic OH excluding ortho intramolecular Hbond substituents is 1. The van der Waals surface area contributed by atoms with Crippen LogP contribution in [-0.4, -0.2) is 93.4 Å². The highest BCUT2D eigenvalue weighted by Crippen LogP contribution is 2.12. The van der Waals surface area contributed by atoms with Crippen LogP contribution in [0.4, 0.5) is 0 Å². The number of amides is 3. The Hall–Kier alpha value is -4.44. The number of nitrogens with one attached hydrogen (secondary N) is 3. The van der Waals surface area contributed by atoms with Gasteiger partial charge in [0.2, 0.25) is 17.7 Å². The van der Waals surface area contributed by atoms with E-state index < -0.39 is 66.9 Å². The Morgan fingerprint density at radius 2 is 1.42 bits per heavy atom. The Labute approximate surface area is 217 Å². The number of nitrogens with two attached hydrogens (primary N) is 3. The predicted octanol–water partition coefficient (Wildman–Crippen LogP) is -3.68. The largest absolute Gasteiger partial charge is 0.508 e. The number of carbonyl (C=O) groups excluding carboxylic acids is 3. The van der Waals surface area contributed by atoms with E-state index in [4.69, 9.17) is 22.3 Å². The summed E-state index contributed by atoms with van der Waals surface area (Å²) in [5.41, 5.74) is 16.4. The van der Waals surface area contributed by atoms with Crippen LogP contribution in [0.15, 0.2) is 29.3 Å². The van der Waals surface area contributed by atoms with E-state index in [0.29, 0.717) is 5.56 Å². The minimum Gasteiger partial charge on any atom is -0.508 e. The smallest absolute Gasteiger partial charge is 0.326 e. The molecule has 13 N–H and O–H groups in total. The van der Waals surface area contributed by atoms with Gasteiger partial charge in [0.1, 0.15) is 29.9 Å². The number of aliphatic carboxylic acids is 2. The lowest BCUT2D eigenvalue weighted by atomic mass is 10.0. The molecule has 4 atom stereocenters. The van der Waals surface area contributed by atoms with Gasteiger partial charge in [-0.1, -0.05) is 12.1 Å². The summed E-state index contributed by atoms with van der Waals surface area (Å²) in [6.45, 7) is -0.625. The van der Waals surface area contributed by atoms with Crippen LogP contribution in [0.3, 0.4) is 0 Å². The van der Waals surface area contributed by atoms with Crippen molar-refractivity contribution in [3.05, 3.63) is 29.8 Å². The number of aromatic hydroxyl groups is 1. The van der Waals surface area contributed by atoms with Crippen LogP contribution in [0.25, 0.3) is 0 Å². The number of hydrogen-bond donors (Lipinski definition) is 10. The third-order valence-corrected chi connectivity index (χ3v) is 5.11. The zero-order chi connectivity index (χ0) is 28.8. The first-order valence-corrected chi connectivity index (χ1v) is 11.4. The van der Waals surface area contributed by atoms with E-state index in [0.717, 1.165) is 0 Å². The SMILES string of the molecule is NC(N)=NCCCC(NC(=O)C(N)CO)C(=O)NC(CC(=O)O)C(=O)NC(Cc1ccc(O)cc1)C(=O)O. The summed E-state index contributed by atoms with van der Waals surface area (Å²) in [6.07, 6.45) is -0.952. The van der Waals surface area contributed by atoms with E-state index in [1.54, 1.807) is 0 Å². The fourth-order valence-corrected chi connectivity index (χ4v) is 3.13. The second-order valence-corrected chi connectivity index (χ2v) is 8.23. The van der Waals surface area contributed by atoms with Gasteiger partial charge >= 0.3 is 11.9 Å². The molecule has 16 nitrogen and oxygen atoms in total. The third-order valence-electron chi connectivity index (χ3n) is 5.11. The average Bonchev–Trinajstić information content (AvgIpc) is 2.84. The molecule has 38 heavy (non-hydrogen) atoms. The number of aliphatic hydroxyl groups excluding tert-OH is 1. The average molecular weight is 540 g/mol. The summed E-state index contributed by atoms with van der Waals surface area (Å²) >= 11 is 0. The van der Waals surface area contributed by atoms with Crippen LogP contribution in [0.1, 0.15) is 24.8 Å². The van der Waals surface area contributed by atoms with Crippen LogP contribution in [0.5, 0.6) is 5.75 Å². The number of rotatable bonds is 16. The van der Waals surface area contributed by atoms with Crippen molar-refractivity contribution in [3.63, 3.8) is 0 Å². The number of carbonyl (C=O) groups is 5. The summed E-state index contributed by atoms with van der Waals surface area (Å²) in [5, 5.41) is 44.0. The minimum absolute atomic E-state index is 0.0474. The number of nitrogens with zero attached hydrogens (tertiary/aromatic N) is 1. The van der Waals surface area contributed by atoms with E-state index in [-0.39, 0.29) is 37.5 Å². The molecule has 0 aliphatic rings. The van der Waals surface area contributed by atoms with Crippen molar-refractivity contribution < 1.29 is 44.4 Å². The Morgan fingerprint density at radius 3 is 1.95 bits per heavy atom. The lowest BCUT2D eigenvalue weighted by Gasteiger charge is -2.24. The number of carboxylic acids is 2. The topological polar surface area (TPSA) is 293 Å². The van der Waals surface area contributed by atoms with Crippen molar-refractivity contribution in [2.45, 2.75) is 49.9 Å². The maximum atomic E-state index is 12.9. The molecule has 0 fully saturated rings. The highest BCUT2D eigenvalue weighted by atomic mass is 16.4. The van der Waals surface area contributed by atoms with Crippen molar-refractivity contribution >= 4 is 35.6 Å². The number of phenols is 1. The van der Waals surface area contributed by atoms with Crippen LogP contribution in [0.2, 0.25) is 0 Å². The summed E-state index contributed by atoms with van der Waals surface area (Å²) in [6, 6.07) is -0.311. The molecular formula is C22H33N7O9. The molecule has 4 unspecified atom stereocenters. The molecule has 1 aromatic carbocycles. The van der Waals surface area contributed by atoms with Crippen molar-refractivity contribution in [2.24, 2.45) is 22.2 Å². The van der Waals surface area contributed by atoms with Gasteiger partial charge in [0.15, 0.2) is 5.96 Å². The van der Waals surface area contributed by atoms with Gasteiger partial charge in [-0.2, -0.15) is 0 Å². The molecule has 210 valence electrons. The minimum atomic E-state index is -1.70. The van der Waals surface area contributed by atoms with Gasteiger partial charge in [-0.15, -0.1) is 0 Å². The van der Waals surface area contributed by atoms with Gasteiger partial charge in [-0.25, -0.2) is 4.79 Å². The maximum Gasteiger partial charge on any atom is 0.326 e. The highest BCUT2D eigenvalue weighted by molar-refractivity contribution is 5.95. The standard InChI is InChI=1S/C22H33N7O9/c23-13(10-30)18(34)27-14(2-1-7-26-22(24)25)19(35)28-15(9-17(32)33)20(36)29-16(21(37)38)8-11-3-5-12(31)6-4-11/h3-6,13-16,30-31H,1-2,7-10,23H2,(H,27,34)(H,28,35)(H,29,36)(H,32,33)(H,37,38)(H4,24,25,26). The van der Waals surface area contributed by atoms with Crippen molar-refractivity contribution in [2.75, 3.05) is 13.2 Å². The Bertz CT molecular complexity index is 1010. The van der Waals surface area contributed by atoms with E-state index in [2.05, 4.69) is 20.9 Å². The van der Waals surface area contributed by atoms with E-state index in [1.165, 1.54) is 24.3 Å². The van der Waals surface area contributed by atoms with Gasteiger partial charge in [0.05, 0.1) is 13.0 Å². The molecule has 0 aromatic heterocycles. The van der Waals surface area contributed by atoms with E-state index in [9.17, 15) is 39.3 Å². The van der Waals surface area contributed by atoms with Crippen LogP contribution >= 0.6 is 0 Å². The van der Waals surface area contributed by atoms with Crippen molar-refractivity contribution in [1.29, 1.82) is 0 Å². The molecule has 0 saturated heterocycles. The number of hydrogen-bond acceptors (Lipinski definition) is 9. The number of aliphatic imine (C=N–C) groups is 1. The second-order valence-electron chi connectivity index (χ2n) is 8.23. The Morgan fingerprint density at radius 1 is 0.868 bits per heavy atom. The van der Waals surface area contributed by atoms with Gasteiger partial charge in [-0.3, -0.25) is 24.2 Å². The number of guanidine groups is 1. The first-order valence-electron chi connectivity index (χ1n) is 11.4. The Kier molecular flexibility index (Phi) is 13.0. The zero-order valence-electron chi connectivity index (χ0n) is 20.4. The normalized spacial score (nSPS) is 13.7. The first-order chi connectivity index (χ1) is 17.8. The molecule has 3 amide bonds. The first kappa shape index (κ1) is 31.6. The Balaban J connectivity index is 3.03. The van der Waals surface area contributed by atoms with Crippen molar-refractivity contribution in [3.8, 4) is 5.75 Å². The second kappa shape index (κ2) is 15.6. The van der Waals surface area contributed by atoms with Gasteiger partial charge in [0, 0.05) is 13.0 Å². The highest BCUT2D eigenvalue weighted by Gasteiger charge is 2.31. The maximum absolute atomic E-state index is 12.9. The summed E-state index contributed by atoms with van der Waals surface area (Å²) < 4.78 is 0. The van der Waals surface area contributed by atoms with Gasteiger partial charge in [-0.05, 0) is 30.5 Å². The molecular weight excluding hydrogens is 506 g/mol. The molecule has 0 aliphatic carbocycles. The van der Waals surface area contributed by atoms with E-state index >= 15 is 0 Å². The third kappa shape index (κ3) is 11.5. The molecule has 1 rings (SSSR count). The van der Waals surface area contributed by atoms with Gasteiger partial charge in [0.25, 0.3) is 0 Å². The monoisotopic (exact) mass is 539 g/mol. The molecule has 1 aromatic rings. The van der Waals surface area contributed by atoms with E-state index in [1.807, 2.05) is 0 Å². The lowest BCUT2D eigenvalue weighted by Crippen LogP contribution is -2.58. The fourth-order valence-electron chi connectivity index (χ4n) is 3.13. The summed E-state index contributed by atoms with van der Waals surface area (Å²) in [7, 11) is 0. The summed E-state index contributed by atoms with van der Waals surface area (Å²) in [4.78, 5) is 64.7. The van der Waals surface area contributed by atoms with Crippen LogP contribution < -0.4 is 33.2 Å². The lowest BCUT2D eigenvalue weighted by molar-refractivity contribution is -0.143. The number of benzene rings is 1. The molecule has 0 bridgehead atoms. The van der Waals surface area contributed by atoms with Crippen molar-refractivity contribution in [1.82, 2.24) is 16.0 Å². The van der Waals surface area contributed by atoms with Crippen LogP contribution in [-0.2, 0) is 30.4 Å². The predicted molar refractivity (Wildman–Crippen MR) is 132 cm³/mol. The molecule has 0 aliphatic heterocycles. The summed E-state index contributed by atoms with van der Waals surface area (Å²) in [5.74, 6) is -6.07.